The number of hydrogen-bond donors (Lipinski definition) is 4. The molecule has 0 aromatic rings. The van der Waals surface area contributed by atoms with Crippen LogP contribution in [0.5, 0.6) is 0 Å². The lowest BCUT2D eigenvalue weighted by Crippen LogP contribution is -2.60. The molecule has 1 heterocycles. The average Bonchev–Trinajstić information content (AvgIpc) is 3.30. The van der Waals surface area contributed by atoms with Gasteiger partial charge in [-0.15, -0.1) is 0 Å². The third-order valence-corrected chi connectivity index (χ3v) is 13.5. The monoisotopic (exact) mass is 576 g/mol. The first-order valence-electron chi connectivity index (χ1n) is 17.1. The molecule has 1 aliphatic heterocycles. The Kier molecular flexibility index (Phi) is 9.71. The molecule has 3 saturated carbocycles. The summed E-state index contributed by atoms with van der Waals surface area (Å²) in [6.07, 6.45) is 9.92. The highest BCUT2D eigenvalue weighted by Crippen LogP contribution is 2.67. The number of fused-ring (bicyclic) bond motifs is 5. The molecule has 0 aromatic heterocycles. The molecule has 41 heavy (non-hydrogen) atoms. The Morgan fingerprint density at radius 2 is 1.71 bits per heavy atom. The zero-order valence-electron chi connectivity index (χ0n) is 26.7. The van der Waals surface area contributed by atoms with E-state index in [2.05, 4.69) is 47.6 Å². The van der Waals surface area contributed by atoms with Crippen LogP contribution in [-0.4, -0.2) is 63.8 Å². The SMILES string of the molecule is CC[C@H](CC[C@@H](C)[C@H]1CC[C@H]2[C@@H]3CC=C4C[C@H](O[C@@H]5O[C@@H](CO)[C@@H](O)[C@@H](O)[C@@H]5O)CC[C@]4(C)[C@H]3CC[C@]12C)C(C)C. The zero-order chi connectivity index (χ0) is 29.7. The molecule has 5 rings (SSSR count). The van der Waals surface area contributed by atoms with Crippen molar-refractivity contribution in [2.45, 2.75) is 149 Å². The Bertz CT molecular complexity index is 918. The van der Waals surface area contributed by atoms with Crippen LogP contribution in [0.2, 0.25) is 0 Å². The number of rotatable bonds is 9. The molecule has 0 spiro atoms. The number of hydrogen-bond acceptors (Lipinski definition) is 6. The Hall–Kier alpha value is -0.500. The van der Waals surface area contributed by atoms with Crippen LogP contribution in [-0.2, 0) is 9.47 Å². The zero-order valence-corrected chi connectivity index (χ0v) is 26.7. The maximum Gasteiger partial charge on any atom is 0.186 e. The molecular formula is C35H60O6. The van der Waals surface area contributed by atoms with Crippen LogP contribution in [0.25, 0.3) is 0 Å². The molecule has 0 radical (unpaired) electrons. The van der Waals surface area contributed by atoms with Gasteiger partial charge < -0.3 is 29.9 Å². The predicted molar refractivity (Wildman–Crippen MR) is 161 cm³/mol. The first-order valence-corrected chi connectivity index (χ1v) is 17.1. The number of ether oxygens (including phenoxy) is 2. The van der Waals surface area contributed by atoms with Gasteiger partial charge in [0.1, 0.15) is 24.4 Å². The molecule has 0 bridgehead atoms. The molecule has 4 N–H and O–H groups in total. The third kappa shape index (κ3) is 5.73. The van der Waals surface area contributed by atoms with Crippen molar-refractivity contribution in [1.82, 2.24) is 0 Å². The van der Waals surface area contributed by atoms with E-state index in [1.54, 1.807) is 0 Å². The molecule has 0 aromatic carbocycles. The Balaban J connectivity index is 1.24. The van der Waals surface area contributed by atoms with E-state index in [0.29, 0.717) is 5.41 Å². The second-order valence-corrected chi connectivity index (χ2v) is 15.7. The minimum absolute atomic E-state index is 0.101. The molecule has 0 unspecified atom stereocenters. The van der Waals surface area contributed by atoms with E-state index in [9.17, 15) is 20.4 Å². The molecule has 5 aliphatic rings. The van der Waals surface area contributed by atoms with Gasteiger partial charge in [-0.3, -0.25) is 0 Å². The van der Waals surface area contributed by atoms with Gasteiger partial charge in [0.25, 0.3) is 0 Å². The first-order chi connectivity index (χ1) is 19.4. The lowest BCUT2D eigenvalue weighted by atomic mass is 9.47. The minimum atomic E-state index is -1.40. The molecular weight excluding hydrogens is 516 g/mol. The van der Waals surface area contributed by atoms with Crippen molar-refractivity contribution in [3.63, 3.8) is 0 Å². The van der Waals surface area contributed by atoms with Crippen LogP contribution in [0, 0.1) is 52.3 Å². The van der Waals surface area contributed by atoms with Gasteiger partial charge >= 0.3 is 0 Å². The normalized spacial score (nSPS) is 47.7. The van der Waals surface area contributed by atoms with Crippen molar-refractivity contribution in [3.8, 4) is 0 Å². The highest BCUT2D eigenvalue weighted by atomic mass is 16.7. The largest absolute Gasteiger partial charge is 0.394 e. The smallest absolute Gasteiger partial charge is 0.186 e. The van der Waals surface area contributed by atoms with E-state index < -0.39 is 37.3 Å². The van der Waals surface area contributed by atoms with E-state index in [4.69, 9.17) is 9.47 Å². The van der Waals surface area contributed by atoms with Gasteiger partial charge in [-0.2, -0.15) is 0 Å². The van der Waals surface area contributed by atoms with Crippen molar-refractivity contribution in [2.24, 2.45) is 52.3 Å². The second-order valence-electron chi connectivity index (χ2n) is 15.7. The fraction of sp³-hybridized carbons (Fsp3) is 0.943. The maximum absolute atomic E-state index is 10.5. The summed E-state index contributed by atoms with van der Waals surface area (Å²) in [5.41, 5.74) is 2.19. The summed E-state index contributed by atoms with van der Waals surface area (Å²) >= 11 is 0. The quantitative estimate of drug-likeness (QED) is 0.257. The van der Waals surface area contributed by atoms with E-state index in [0.717, 1.165) is 60.7 Å². The third-order valence-electron chi connectivity index (χ3n) is 13.5. The van der Waals surface area contributed by atoms with Crippen molar-refractivity contribution in [1.29, 1.82) is 0 Å². The van der Waals surface area contributed by atoms with Crippen LogP contribution < -0.4 is 0 Å². The summed E-state index contributed by atoms with van der Waals surface area (Å²) in [4.78, 5) is 0. The Morgan fingerprint density at radius 1 is 0.951 bits per heavy atom. The molecule has 14 atom stereocenters. The highest BCUT2D eigenvalue weighted by Gasteiger charge is 2.59. The van der Waals surface area contributed by atoms with Gasteiger partial charge in [-0.05, 0) is 110 Å². The van der Waals surface area contributed by atoms with Crippen LogP contribution in [0.1, 0.15) is 112 Å². The fourth-order valence-corrected chi connectivity index (χ4v) is 10.8. The Labute approximate surface area is 249 Å². The summed E-state index contributed by atoms with van der Waals surface area (Å²) in [6.45, 7) is 14.5. The molecule has 0 amide bonds. The van der Waals surface area contributed by atoms with Crippen LogP contribution in [0.3, 0.4) is 0 Å². The molecule has 236 valence electrons. The van der Waals surface area contributed by atoms with E-state index >= 15 is 0 Å². The molecule has 6 nitrogen and oxygen atoms in total. The van der Waals surface area contributed by atoms with Crippen LogP contribution in [0.4, 0.5) is 0 Å². The summed E-state index contributed by atoms with van der Waals surface area (Å²) < 4.78 is 11.9. The topological polar surface area (TPSA) is 99.4 Å². The molecule has 4 aliphatic carbocycles. The fourth-order valence-electron chi connectivity index (χ4n) is 10.8. The van der Waals surface area contributed by atoms with E-state index in [1.807, 2.05) is 0 Å². The Morgan fingerprint density at radius 3 is 2.39 bits per heavy atom. The van der Waals surface area contributed by atoms with Crippen LogP contribution in [0.15, 0.2) is 11.6 Å². The lowest BCUT2D eigenvalue weighted by molar-refractivity contribution is -0.313. The highest BCUT2D eigenvalue weighted by molar-refractivity contribution is 5.25. The van der Waals surface area contributed by atoms with Crippen LogP contribution >= 0.6 is 0 Å². The summed E-state index contributed by atoms with van der Waals surface area (Å²) in [6, 6.07) is 0. The first kappa shape index (κ1) is 31.9. The van der Waals surface area contributed by atoms with Gasteiger partial charge in [0.15, 0.2) is 6.29 Å². The molecule has 1 saturated heterocycles. The van der Waals surface area contributed by atoms with Gasteiger partial charge in [0, 0.05) is 0 Å². The van der Waals surface area contributed by atoms with E-state index in [1.165, 1.54) is 56.9 Å². The standard InChI is InChI=1S/C35H60O6/c1-7-22(20(2)3)9-8-21(4)26-12-13-27-25-11-10-23-18-24(14-16-34(23,5)28(25)15-17-35(26,27)6)40-33-32(39)31(38)30(37)29(19-36)41-33/h10,20-22,24-33,36-39H,7-9,11-19H2,1-6H3/t21-,22-,24-,25+,26-,27+,28+,29+,30-,31-,32+,33-,34+,35-/m1/s1. The molecule has 4 fully saturated rings. The van der Waals surface area contributed by atoms with Gasteiger partial charge in [0.05, 0.1) is 12.7 Å². The number of aliphatic hydroxyl groups excluding tert-OH is 4. The van der Waals surface area contributed by atoms with Gasteiger partial charge in [-0.25, -0.2) is 0 Å². The van der Waals surface area contributed by atoms with E-state index in [-0.39, 0.29) is 11.5 Å². The molecule has 6 heteroatoms. The maximum atomic E-state index is 10.5. The van der Waals surface area contributed by atoms with Gasteiger partial charge in [0.2, 0.25) is 0 Å². The minimum Gasteiger partial charge on any atom is -0.394 e. The lowest BCUT2D eigenvalue weighted by Gasteiger charge is -2.58. The van der Waals surface area contributed by atoms with Crippen molar-refractivity contribution in [3.05, 3.63) is 11.6 Å². The second kappa shape index (κ2) is 12.5. The number of allylic oxidation sites excluding steroid dienone is 1. The van der Waals surface area contributed by atoms with Crippen molar-refractivity contribution < 1.29 is 29.9 Å². The van der Waals surface area contributed by atoms with Gasteiger partial charge in [-0.1, -0.05) is 66.0 Å². The number of aliphatic hydroxyl groups is 4. The summed E-state index contributed by atoms with van der Waals surface area (Å²) in [7, 11) is 0. The summed E-state index contributed by atoms with van der Waals surface area (Å²) in [5.74, 6) is 5.66. The average molecular weight is 577 g/mol. The predicted octanol–water partition coefficient (Wildman–Crippen LogP) is 5.85. The van der Waals surface area contributed by atoms with Crippen molar-refractivity contribution in [2.75, 3.05) is 6.61 Å². The van der Waals surface area contributed by atoms with Crippen molar-refractivity contribution >= 4 is 0 Å². The summed E-state index contributed by atoms with van der Waals surface area (Å²) in [5, 5.41) is 40.4.